The van der Waals surface area contributed by atoms with Gasteiger partial charge in [0.2, 0.25) is 0 Å². The smallest absolute Gasteiger partial charge is 0.255 e. The first-order valence-electron chi connectivity index (χ1n) is 9.93. The van der Waals surface area contributed by atoms with E-state index in [9.17, 15) is 9.59 Å². The van der Waals surface area contributed by atoms with Crippen LogP contribution in [0.1, 0.15) is 23.2 Å². The minimum atomic E-state index is -0.143. The fourth-order valence-electron chi connectivity index (χ4n) is 4.61. The van der Waals surface area contributed by atoms with Gasteiger partial charge in [-0.1, -0.05) is 36.4 Å². The normalized spacial score (nSPS) is 23.6. The summed E-state index contributed by atoms with van der Waals surface area (Å²) in [4.78, 5) is 27.9. The molecule has 3 aliphatic rings. The number of aromatic nitrogens is 1. The van der Waals surface area contributed by atoms with Gasteiger partial charge < -0.3 is 10.2 Å². The van der Waals surface area contributed by atoms with E-state index in [0.29, 0.717) is 11.5 Å². The maximum Gasteiger partial charge on any atom is 0.255 e. The van der Waals surface area contributed by atoms with Crippen LogP contribution in [0.4, 0.5) is 0 Å². The Morgan fingerprint density at radius 3 is 2.54 bits per heavy atom. The largest absolute Gasteiger partial charge is 0.348 e. The highest BCUT2D eigenvalue weighted by atomic mass is 16.2. The van der Waals surface area contributed by atoms with Crippen molar-refractivity contribution in [3.8, 4) is 5.69 Å². The molecule has 1 atom stereocenters. The molecular weight excluding hydrogens is 350 g/mol. The second-order valence-electron chi connectivity index (χ2n) is 7.84. The molecule has 3 aliphatic heterocycles. The van der Waals surface area contributed by atoms with Crippen molar-refractivity contribution in [1.82, 2.24) is 14.8 Å². The van der Waals surface area contributed by atoms with E-state index in [1.807, 2.05) is 42.5 Å². The predicted octanol–water partition coefficient (Wildman–Crippen LogP) is 2.81. The van der Waals surface area contributed by atoms with Gasteiger partial charge >= 0.3 is 0 Å². The number of fused-ring (bicyclic) bond motifs is 4. The van der Waals surface area contributed by atoms with E-state index >= 15 is 0 Å². The van der Waals surface area contributed by atoms with E-state index in [-0.39, 0.29) is 17.5 Å². The van der Waals surface area contributed by atoms with Crippen LogP contribution in [0.5, 0.6) is 0 Å². The second kappa shape index (κ2) is 6.91. The van der Waals surface area contributed by atoms with Gasteiger partial charge in [0.1, 0.15) is 0 Å². The molecule has 3 fully saturated rings. The summed E-state index contributed by atoms with van der Waals surface area (Å²) in [5.74, 6) is 0.464. The second-order valence-corrected chi connectivity index (χ2v) is 7.84. The topological polar surface area (TPSA) is 54.3 Å². The molecular formula is C23H23N3O2. The number of nitrogens with one attached hydrogen (secondary N) is 1. The third-order valence-corrected chi connectivity index (χ3v) is 6.17. The summed E-state index contributed by atoms with van der Waals surface area (Å²) >= 11 is 0. The molecule has 2 aromatic carbocycles. The summed E-state index contributed by atoms with van der Waals surface area (Å²) in [7, 11) is 0. The molecule has 1 unspecified atom stereocenters. The lowest BCUT2D eigenvalue weighted by molar-refractivity contribution is 0.0620. The van der Waals surface area contributed by atoms with E-state index in [1.165, 1.54) is 6.07 Å². The molecule has 1 N–H and O–H groups in total. The number of benzene rings is 2. The Hall–Kier alpha value is -2.92. The van der Waals surface area contributed by atoms with Crippen molar-refractivity contribution < 1.29 is 4.79 Å². The number of pyridine rings is 1. The van der Waals surface area contributed by atoms with Gasteiger partial charge in [-0.2, -0.15) is 0 Å². The maximum atomic E-state index is 12.9. The van der Waals surface area contributed by atoms with Gasteiger partial charge in [-0.05, 0) is 49.4 Å². The SMILES string of the molecule is O=C(NC1CN2CCC1CC2)c1ccc(=O)n(-c2cccc3ccccc23)c1. The highest BCUT2D eigenvalue weighted by molar-refractivity contribution is 5.95. The van der Waals surface area contributed by atoms with Crippen LogP contribution in [0.3, 0.4) is 0 Å². The lowest BCUT2D eigenvalue weighted by Crippen LogP contribution is -2.57. The lowest BCUT2D eigenvalue weighted by Gasteiger charge is -2.44. The molecule has 1 aromatic heterocycles. The molecule has 0 aliphatic carbocycles. The van der Waals surface area contributed by atoms with Crippen molar-refractivity contribution >= 4 is 16.7 Å². The Morgan fingerprint density at radius 2 is 1.75 bits per heavy atom. The van der Waals surface area contributed by atoms with E-state index in [2.05, 4.69) is 10.2 Å². The number of amides is 1. The highest BCUT2D eigenvalue weighted by Gasteiger charge is 2.35. The average Bonchev–Trinajstić information content (AvgIpc) is 2.74. The summed E-state index contributed by atoms with van der Waals surface area (Å²) in [5, 5.41) is 5.26. The monoisotopic (exact) mass is 373 g/mol. The quantitative estimate of drug-likeness (QED) is 0.768. The summed E-state index contributed by atoms with van der Waals surface area (Å²) in [6.07, 6.45) is 3.97. The number of rotatable bonds is 3. The molecule has 5 nitrogen and oxygen atoms in total. The number of carbonyl (C=O) groups is 1. The third kappa shape index (κ3) is 3.02. The van der Waals surface area contributed by atoms with Crippen LogP contribution in [-0.4, -0.2) is 41.1 Å². The molecule has 4 heterocycles. The standard InChI is InChI=1S/C23H23N3O2/c27-22-9-8-18(23(28)24-20-15-25-12-10-17(20)11-13-25)14-26(22)21-7-3-5-16-4-1-2-6-19(16)21/h1-9,14,17,20H,10-13,15H2,(H,24,28). The third-order valence-electron chi connectivity index (χ3n) is 6.17. The molecule has 1 amide bonds. The number of piperidine rings is 3. The molecule has 3 aromatic rings. The van der Waals surface area contributed by atoms with Crippen LogP contribution in [0.15, 0.2) is 65.6 Å². The number of carbonyl (C=O) groups excluding carboxylic acids is 1. The van der Waals surface area contributed by atoms with Crippen molar-refractivity contribution in [3.05, 3.63) is 76.7 Å². The molecule has 0 radical (unpaired) electrons. The summed E-state index contributed by atoms with van der Waals surface area (Å²) in [6, 6.07) is 17.1. The number of hydrogen-bond donors (Lipinski definition) is 1. The van der Waals surface area contributed by atoms with Gasteiger partial charge in [0.25, 0.3) is 11.5 Å². The van der Waals surface area contributed by atoms with Crippen molar-refractivity contribution in [2.75, 3.05) is 19.6 Å². The Kier molecular flexibility index (Phi) is 4.24. The van der Waals surface area contributed by atoms with E-state index < -0.39 is 0 Å². The highest BCUT2D eigenvalue weighted by Crippen LogP contribution is 2.27. The van der Waals surface area contributed by atoms with Crippen molar-refractivity contribution in [2.45, 2.75) is 18.9 Å². The van der Waals surface area contributed by atoms with Gasteiger partial charge in [-0.15, -0.1) is 0 Å². The zero-order chi connectivity index (χ0) is 19.1. The van der Waals surface area contributed by atoms with E-state index in [1.54, 1.807) is 16.8 Å². The van der Waals surface area contributed by atoms with Crippen LogP contribution in [0.25, 0.3) is 16.5 Å². The van der Waals surface area contributed by atoms with Crippen LogP contribution in [0, 0.1) is 5.92 Å². The zero-order valence-electron chi connectivity index (χ0n) is 15.7. The minimum Gasteiger partial charge on any atom is -0.348 e. The molecule has 0 spiro atoms. The molecule has 142 valence electrons. The molecule has 0 saturated carbocycles. The zero-order valence-corrected chi connectivity index (χ0v) is 15.7. The Bertz CT molecular complexity index is 1090. The Morgan fingerprint density at radius 1 is 0.964 bits per heavy atom. The van der Waals surface area contributed by atoms with Gasteiger partial charge in [0, 0.05) is 30.2 Å². The van der Waals surface area contributed by atoms with Crippen LogP contribution in [-0.2, 0) is 0 Å². The van der Waals surface area contributed by atoms with Crippen molar-refractivity contribution in [3.63, 3.8) is 0 Å². The lowest BCUT2D eigenvalue weighted by atomic mass is 9.84. The number of hydrogen-bond acceptors (Lipinski definition) is 3. The van der Waals surface area contributed by atoms with Crippen LogP contribution in [0.2, 0.25) is 0 Å². The van der Waals surface area contributed by atoms with E-state index in [4.69, 9.17) is 0 Å². The molecule has 6 rings (SSSR count). The minimum absolute atomic E-state index is 0.104. The van der Waals surface area contributed by atoms with Crippen molar-refractivity contribution in [2.24, 2.45) is 5.92 Å². The average molecular weight is 373 g/mol. The molecule has 5 heteroatoms. The summed E-state index contributed by atoms with van der Waals surface area (Å²) in [5.41, 5.74) is 1.17. The Labute approximate surface area is 163 Å². The fraction of sp³-hybridized carbons (Fsp3) is 0.304. The molecule has 2 bridgehead atoms. The first-order valence-corrected chi connectivity index (χ1v) is 9.93. The van der Waals surface area contributed by atoms with Gasteiger partial charge in [0.15, 0.2) is 0 Å². The molecule has 3 saturated heterocycles. The molecule has 28 heavy (non-hydrogen) atoms. The van der Waals surface area contributed by atoms with Gasteiger partial charge in [-0.3, -0.25) is 14.2 Å². The first kappa shape index (κ1) is 17.2. The maximum absolute atomic E-state index is 12.9. The number of nitrogens with zero attached hydrogens (tertiary/aromatic N) is 2. The van der Waals surface area contributed by atoms with E-state index in [0.717, 1.165) is 48.9 Å². The van der Waals surface area contributed by atoms with Crippen molar-refractivity contribution in [1.29, 1.82) is 0 Å². The summed E-state index contributed by atoms with van der Waals surface area (Å²) < 4.78 is 1.58. The van der Waals surface area contributed by atoms with Crippen LogP contribution < -0.4 is 10.9 Å². The first-order chi connectivity index (χ1) is 13.7. The fourth-order valence-corrected chi connectivity index (χ4v) is 4.61. The van der Waals surface area contributed by atoms with Gasteiger partial charge in [0.05, 0.1) is 11.3 Å². The predicted molar refractivity (Wildman–Crippen MR) is 110 cm³/mol. The Balaban J connectivity index is 1.47. The van der Waals surface area contributed by atoms with Crippen LogP contribution >= 0.6 is 0 Å². The van der Waals surface area contributed by atoms with Gasteiger partial charge in [-0.25, -0.2) is 0 Å². The summed E-state index contributed by atoms with van der Waals surface area (Å²) in [6.45, 7) is 3.21.